The molecule has 0 saturated carbocycles. The molecule has 4 heteroatoms. The summed E-state index contributed by atoms with van der Waals surface area (Å²) >= 11 is 0. The second kappa shape index (κ2) is 6.30. The molecule has 0 spiro atoms. The van der Waals surface area contributed by atoms with Gasteiger partial charge in [-0.05, 0) is 29.7 Å². The van der Waals surface area contributed by atoms with Gasteiger partial charge >= 0.3 is 5.97 Å². The van der Waals surface area contributed by atoms with Crippen LogP contribution in [0.2, 0.25) is 0 Å². The number of benzene rings is 2. The van der Waals surface area contributed by atoms with Crippen LogP contribution in [0, 0.1) is 5.82 Å². The molecule has 0 radical (unpaired) electrons. The molecule has 0 aromatic heterocycles. The highest BCUT2D eigenvalue weighted by atomic mass is 19.1. The number of nitrogens with two attached hydrogens (primary N) is 1. The molecular weight excluding hydrogens is 257 g/mol. The van der Waals surface area contributed by atoms with Crippen molar-refractivity contribution in [3.63, 3.8) is 0 Å². The molecule has 0 aliphatic rings. The second-order valence-corrected chi connectivity index (χ2v) is 4.46. The number of ether oxygens (including phenoxy) is 1. The number of hydrogen-bond acceptors (Lipinski definition) is 3. The lowest BCUT2D eigenvalue weighted by molar-refractivity contribution is 0.0599. The van der Waals surface area contributed by atoms with E-state index in [1.54, 1.807) is 24.3 Å². The first kappa shape index (κ1) is 14.2. The third kappa shape index (κ3) is 3.03. The second-order valence-electron chi connectivity index (χ2n) is 4.46. The average Bonchev–Trinajstić information content (AvgIpc) is 2.49. The first-order valence-electron chi connectivity index (χ1n) is 6.29. The van der Waals surface area contributed by atoms with E-state index >= 15 is 0 Å². The van der Waals surface area contributed by atoms with Crippen LogP contribution in [0.5, 0.6) is 0 Å². The summed E-state index contributed by atoms with van der Waals surface area (Å²) in [5.41, 5.74) is 8.24. The molecule has 3 nitrogen and oxygen atoms in total. The van der Waals surface area contributed by atoms with Crippen molar-refractivity contribution in [1.82, 2.24) is 0 Å². The van der Waals surface area contributed by atoms with Crippen molar-refractivity contribution in [3.05, 3.63) is 70.5 Å². The van der Waals surface area contributed by atoms with Crippen LogP contribution >= 0.6 is 0 Å². The third-order valence-corrected chi connectivity index (χ3v) is 3.15. The fourth-order valence-electron chi connectivity index (χ4n) is 2.10. The number of rotatable bonds is 4. The minimum atomic E-state index is -0.373. The number of halogens is 1. The molecule has 0 aliphatic heterocycles. The summed E-state index contributed by atoms with van der Waals surface area (Å²) in [5.74, 6) is -0.681. The Balaban J connectivity index is 2.33. The van der Waals surface area contributed by atoms with Gasteiger partial charge in [0, 0.05) is 12.1 Å². The minimum absolute atomic E-state index is 0.151. The van der Waals surface area contributed by atoms with Crippen LogP contribution in [0.4, 0.5) is 4.39 Å². The summed E-state index contributed by atoms with van der Waals surface area (Å²) in [4.78, 5) is 11.7. The van der Waals surface area contributed by atoms with E-state index < -0.39 is 0 Å². The van der Waals surface area contributed by atoms with Gasteiger partial charge in [-0.1, -0.05) is 30.3 Å². The van der Waals surface area contributed by atoms with Crippen LogP contribution in [-0.2, 0) is 17.7 Å². The molecule has 2 N–H and O–H groups in total. The maximum atomic E-state index is 13.4. The predicted molar refractivity (Wildman–Crippen MR) is 74.9 cm³/mol. The summed E-state index contributed by atoms with van der Waals surface area (Å²) in [6.45, 7) is 0.151. The Morgan fingerprint density at radius 2 is 1.95 bits per heavy atom. The zero-order chi connectivity index (χ0) is 14.5. The lowest BCUT2D eigenvalue weighted by atomic mass is 9.98. The molecule has 104 valence electrons. The number of methoxy groups -OCH3 is 1. The van der Waals surface area contributed by atoms with Crippen molar-refractivity contribution >= 4 is 5.97 Å². The quantitative estimate of drug-likeness (QED) is 0.871. The predicted octanol–water partition coefficient (Wildman–Crippen LogP) is 2.66. The van der Waals surface area contributed by atoms with Crippen molar-refractivity contribution in [2.75, 3.05) is 7.11 Å². The molecule has 0 atom stereocenters. The van der Waals surface area contributed by atoms with Crippen LogP contribution in [0.15, 0.2) is 42.5 Å². The molecule has 2 aromatic carbocycles. The minimum Gasteiger partial charge on any atom is -0.465 e. The first-order chi connectivity index (χ1) is 9.65. The largest absolute Gasteiger partial charge is 0.465 e. The number of carbonyl (C=O) groups excluding carboxylic acids is 1. The lowest BCUT2D eigenvalue weighted by Crippen LogP contribution is -2.06. The van der Waals surface area contributed by atoms with E-state index in [9.17, 15) is 9.18 Å². The van der Waals surface area contributed by atoms with E-state index in [-0.39, 0.29) is 18.3 Å². The Morgan fingerprint density at radius 3 is 2.65 bits per heavy atom. The Labute approximate surface area is 117 Å². The van der Waals surface area contributed by atoms with Crippen molar-refractivity contribution in [2.24, 2.45) is 5.73 Å². The molecule has 0 heterocycles. The Kier molecular flexibility index (Phi) is 4.48. The van der Waals surface area contributed by atoms with E-state index in [4.69, 9.17) is 10.5 Å². The molecule has 0 saturated heterocycles. The van der Waals surface area contributed by atoms with Crippen LogP contribution in [0.3, 0.4) is 0 Å². The lowest BCUT2D eigenvalue weighted by Gasteiger charge is -2.09. The van der Waals surface area contributed by atoms with E-state index in [0.717, 1.165) is 11.1 Å². The highest BCUT2D eigenvalue weighted by Crippen LogP contribution is 2.17. The van der Waals surface area contributed by atoms with Gasteiger partial charge in [0.05, 0.1) is 12.7 Å². The summed E-state index contributed by atoms with van der Waals surface area (Å²) in [6, 6.07) is 12.0. The van der Waals surface area contributed by atoms with E-state index in [0.29, 0.717) is 17.5 Å². The van der Waals surface area contributed by atoms with Crippen molar-refractivity contribution in [1.29, 1.82) is 0 Å². The summed E-state index contributed by atoms with van der Waals surface area (Å²) in [7, 11) is 1.35. The maximum Gasteiger partial charge on any atom is 0.338 e. The summed E-state index contributed by atoms with van der Waals surface area (Å²) in [6.07, 6.45) is 0.526. The van der Waals surface area contributed by atoms with Gasteiger partial charge in [0.1, 0.15) is 5.82 Å². The van der Waals surface area contributed by atoms with Crippen LogP contribution in [0.1, 0.15) is 27.0 Å². The number of hydrogen-bond donors (Lipinski definition) is 1. The normalized spacial score (nSPS) is 10.3. The van der Waals surface area contributed by atoms with Crippen LogP contribution in [0.25, 0.3) is 0 Å². The summed E-state index contributed by atoms with van der Waals surface area (Å²) in [5, 5.41) is 0. The average molecular weight is 273 g/mol. The number of esters is 1. The van der Waals surface area contributed by atoms with Crippen LogP contribution in [-0.4, -0.2) is 13.1 Å². The van der Waals surface area contributed by atoms with E-state index in [1.807, 2.05) is 12.1 Å². The number of carbonyl (C=O) groups is 1. The topological polar surface area (TPSA) is 52.3 Å². The van der Waals surface area contributed by atoms with Gasteiger partial charge in [-0.25, -0.2) is 9.18 Å². The zero-order valence-electron chi connectivity index (χ0n) is 11.2. The van der Waals surface area contributed by atoms with E-state index in [2.05, 4.69) is 0 Å². The van der Waals surface area contributed by atoms with Gasteiger partial charge in [0.15, 0.2) is 0 Å². The molecule has 0 bridgehead atoms. The van der Waals surface area contributed by atoms with Crippen molar-refractivity contribution < 1.29 is 13.9 Å². The Morgan fingerprint density at radius 1 is 1.20 bits per heavy atom. The maximum absolute atomic E-state index is 13.4. The monoisotopic (exact) mass is 273 g/mol. The Hall–Kier alpha value is -2.20. The van der Waals surface area contributed by atoms with Crippen LogP contribution < -0.4 is 5.73 Å². The molecule has 0 fully saturated rings. The van der Waals surface area contributed by atoms with Gasteiger partial charge in [-0.3, -0.25) is 0 Å². The molecule has 0 aliphatic carbocycles. The SMILES string of the molecule is COC(=O)c1ccccc1Cc1ccc(F)c(CN)c1. The Bertz CT molecular complexity index is 626. The molecule has 0 unspecified atom stereocenters. The van der Waals surface area contributed by atoms with Gasteiger partial charge in [0.2, 0.25) is 0 Å². The molecule has 20 heavy (non-hydrogen) atoms. The smallest absolute Gasteiger partial charge is 0.338 e. The fourth-order valence-corrected chi connectivity index (χ4v) is 2.10. The highest BCUT2D eigenvalue weighted by Gasteiger charge is 2.12. The van der Waals surface area contributed by atoms with Crippen molar-refractivity contribution in [3.8, 4) is 0 Å². The molecular formula is C16H16FNO2. The van der Waals surface area contributed by atoms with E-state index in [1.165, 1.54) is 13.2 Å². The standard InChI is InChI=1S/C16H16FNO2/c1-20-16(19)14-5-3-2-4-12(14)8-11-6-7-15(17)13(9-11)10-18/h2-7,9H,8,10,18H2,1H3. The zero-order valence-corrected chi connectivity index (χ0v) is 11.2. The van der Waals surface area contributed by atoms with Gasteiger partial charge in [0.25, 0.3) is 0 Å². The van der Waals surface area contributed by atoms with Gasteiger partial charge in [-0.15, -0.1) is 0 Å². The first-order valence-corrected chi connectivity index (χ1v) is 6.29. The fraction of sp³-hybridized carbons (Fsp3) is 0.188. The van der Waals surface area contributed by atoms with Crippen molar-refractivity contribution in [2.45, 2.75) is 13.0 Å². The van der Waals surface area contributed by atoms with Gasteiger partial charge < -0.3 is 10.5 Å². The highest BCUT2D eigenvalue weighted by molar-refractivity contribution is 5.91. The molecule has 2 aromatic rings. The summed E-state index contributed by atoms with van der Waals surface area (Å²) < 4.78 is 18.2. The third-order valence-electron chi connectivity index (χ3n) is 3.15. The molecule has 0 amide bonds. The molecule has 2 rings (SSSR count). The van der Waals surface area contributed by atoms with Gasteiger partial charge in [-0.2, -0.15) is 0 Å².